The van der Waals surface area contributed by atoms with Crippen molar-refractivity contribution in [2.75, 3.05) is 6.61 Å². The lowest BCUT2D eigenvalue weighted by Gasteiger charge is -2.22. The Morgan fingerprint density at radius 1 is 0.913 bits per heavy atom. The van der Waals surface area contributed by atoms with Crippen LogP contribution in [0.4, 0.5) is 0 Å². The van der Waals surface area contributed by atoms with Crippen LogP contribution in [0.15, 0.2) is 0 Å². The highest BCUT2D eigenvalue weighted by atomic mass is 16.4. The van der Waals surface area contributed by atoms with Crippen molar-refractivity contribution in [3.63, 3.8) is 0 Å². The van der Waals surface area contributed by atoms with Gasteiger partial charge in [-0.15, -0.1) is 0 Å². The van der Waals surface area contributed by atoms with Gasteiger partial charge in [-0.3, -0.25) is 14.4 Å². The van der Waals surface area contributed by atoms with Crippen LogP contribution in [0.3, 0.4) is 0 Å². The highest BCUT2D eigenvalue weighted by molar-refractivity contribution is 5.92. The zero-order valence-corrected chi connectivity index (χ0v) is 13.8. The zero-order valence-electron chi connectivity index (χ0n) is 13.8. The molecule has 0 spiro atoms. The van der Waals surface area contributed by atoms with E-state index in [2.05, 4.69) is 16.0 Å². The van der Waals surface area contributed by atoms with E-state index in [-0.39, 0.29) is 11.8 Å². The van der Waals surface area contributed by atoms with Crippen LogP contribution in [0.2, 0.25) is 0 Å². The summed E-state index contributed by atoms with van der Waals surface area (Å²) < 4.78 is 0. The van der Waals surface area contributed by atoms with Gasteiger partial charge >= 0.3 is 5.97 Å². The lowest BCUT2D eigenvalue weighted by molar-refractivity contribution is -0.143. The summed E-state index contributed by atoms with van der Waals surface area (Å²) in [5, 5.41) is 24.7. The zero-order chi connectivity index (χ0) is 18.2. The van der Waals surface area contributed by atoms with Gasteiger partial charge in [0.05, 0.1) is 6.61 Å². The van der Waals surface area contributed by atoms with E-state index in [9.17, 15) is 19.2 Å². The molecule has 0 bridgehead atoms. The van der Waals surface area contributed by atoms with Gasteiger partial charge in [0.2, 0.25) is 17.7 Å². The normalized spacial score (nSPS) is 14.5. The summed E-state index contributed by atoms with van der Waals surface area (Å²) in [4.78, 5) is 45.9. The summed E-state index contributed by atoms with van der Waals surface area (Å²) in [5.74, 6) is -2.88. The van der Waals surface area contributed by atoms with Crippen molar-refractivity contribution in [2.24, 2.45) is 5.92 Å². The van der Waals surface area contributed by atoms with Gasteiger partial charge in [-0.2, -0.15) is 0 Å². The molecule has 0 heterocycles. The minimum absolute atomic E-state index is 0.146. The molecule has 0 fully saturated rings. The van der Waals surface area contributed by atoms with E-state index in [1.165, 1.54) is 13.8 Å². The van der Waals surface area contributed by atoms with E-state index in [1.807, 2.05) is 13.8 Å². The second-order valence-corrected chi connectivity index (χ2v) is 5.69. The molecule has 9 nitrogen and oxygen atoms in total. The monoisotopic (exact) mass is 331 g/mol. The Morgan fingerprint density at radius 3 is 1.87 bits per heavy atom. The smallest absolute Gasteiger partial charge is 0.328 e. The SMILES string of the molecule is CC(=O)N[C@H](CC(C)C)C(=O)N[C@@H](C)C(=O)N[C@@H](CO)C(=O)O. The Morgan fingerprint density at radius 2 is 1.48 bits per heavy atom. The predicted octanol–water partition coefficient (Wildman–Crippen LogP) is -1.40. The molecule has 0 aliphatic carbocycles. The van der Waals surface area contributed by atoms with Crippen molar-refractivity contribution in [1.82, 2.24) is 16.0 Å². The topological polar surface area (TPSA) is 145 Å². The number of carboxylic acid groups (broad SMARTS) is 1. The van der Waals surface area contributed by atoms with Crippen molar-refractivity contribution < 1.29 is 29.4 Å². The number of carbonyl (C=O) groups excluding carboxylic acids is 3. The van der Waals surface area contributed by atoms with Gasteiger partial charge in [-0.05, 0) is 19.3 Å². The van der Waals surface area contributed by atoms with Crippen LogP contribution in [0.5, 0.6) is 0 Å². The summed E-state index contributed by atoms with van der Waals surface area (Å²) in [6.45, 7) is 5.68. The molecule has 0 aromatic heterocycles. The minimum Gasteiger partial charge on any atom is -0.480 e. The number of aliphatic hydroxyl groups excluding tert-OH is 1. The Labute approximate surface area is 134 Å². The van der Waals surface area contributed by atoms with E-state index in [1.54, 1.807) is 0 Å². The lowest BCUT2D eigenvalue weighted by Crippen LogP contribution is -2.55. The molecular formula is C14H25N3O6. The van der Waals surface area contributed by atoms with E-state index in [0.29, 0.717) is 6.42 Å². The van der Waals surface area contributed by atoms with Gasteiger partial charge in [-0.25, -0.2) is 4.79 Å². The molecule has 9 heteroatoms. The number of hydrogen-bond donors (Lipinski definition) is 5. The average molecular weight is 331 g/mol. The van der Waals surface area contributed by atoms with E-state index in [0.717, 1.165) is 0 Å². The maximum atomic E-state index is 12.1. The van der Waals surface area contributed by atoms with Gasteiger partial charge in [0, 0.05) is 6.92 Å². The van der Waals surface area contributed by atoms with Crippen molar-refractivity contribution in [2.45, 2.75) is 52.2 Å². The standard InChI is InChI=1S/C14H25N3O6/c1-7(2)5-10(16-9(4)19)13(21)15-8(3)12(20)17-11(6-18)14(22)23/h7-8,10-11,18H,5-6H2,1-4H3,(H,15,21)(H,16,19)(H,17,20)(H,22,23)/t8-,10+,11-/m0/s1. The summed E-state index contributed by atoms with van der Waals surface area (Å²) in [7, 11) is 0. The molecule has 0 aliphatic heterocycles. The third-order valence-corrected chi connectivity index (χ3v) is 2.95. The van der Waals surface area contributed by atoms with Crippen LogP contribution >= 0.6 is 0 Å². The number of carboxylic acids is 1. The van der Waals surface area contributed by atoms with Crippen molar-refractivity contribution in [3.05, 3.63) is 0 Å². The summed E-state index contributed by atoms with van der Waals surface area (Å²) in [6.07, 6.45) is 0.397. The average Bonchev–Trinajstić information content (AvgIpc) is 2.41. The molecule has 5 N–H and O–H groups in total. The third-order valence-electron chi connectivity index (χ3n) is 2.95. The fourth-order valence-corrected chi connectivity index (χ4v) is 1.81. The predicted molar refractivity (Wildman–Crippen MR) is 81.3 cm³/mol. The van der Waals surface area contributed by atoms with Crippen LogP contribution in [-0.4, -0.2) is 58.6 Å². The molecule has 0 saturated heterocycles. The van der Waals surface area contributed by atoms with Gasteiger partial charge in [0.15, 0.2) is 0 Å². The maximum Gasteiger partial charge on any atom is 0.328 e. The first kappa shape index (κ1) is 20.8. The molecule has 0 unspecified atom stereocenters. The van der Waals surface area contributed by atoms with E-state index >= 15 is 0 Å². The van der Waals surface area contributed by atoms with E-state index < -0.39 is 42.5 Å². The van der Waals surface area contributed by atoms with Crippen LogP contribution in [0.1, 0.15) is 34.1 Å². The number of rotatable bonds is 9. The van der Waals surface area contributed by atoms with Gasteiger partial charge < -0.3 is 26.2 Å². The first-order valence-electron chi connectivity index (χ1n) is 7.30. The van der Waals surface area contributed by atoms with Crippen molar-refractivity contribution in [1.29, 1.82) is 0 Å². The lowest BCUT2D eigenvalue weighted by atomic mass is 10.0. The van der Waals surface area contributed by atoms with Gasteiger partial charge in [-0.1, -0.05) is 13.8 Å². The van der Waals surface area contributed by atoms with Crippen molar-refractivity contribution >= 4 is 23.7 Å². The van der Waals surface area contributed by atoms with Crippen LogP contribution in [-0.2, 0) is 19.2 Å². The largest absolute Gasteiger partial charge is 0.480 e. The number of carbonyl (C=O) groups is 4. The number of aliphatic hydroxyl groups is 1. The second kappa shape index (κ2) is 9.78. The molecule has 0 aliphatic rings. The molecule has 3 atom stereocenters. The number of nitrogens with one attached hydrogen (secondary N) is 3. The van der Waals surface area contributed by atoms with Crippen LogP contribution in [0.25, 0.3) is 0 Å². The Hall–Kier alpha value is -2.16. The Kier molecular flexibility index (Phi) is 8.86. The molecular weight excluding hydrogens is 306 g/mol. The maximum absolute atomic E-state index is 12.1. The molecule has 23 heavy (non-hydrogen) atoms. The minimum atomic E-state index is -1.44. The third kappa shape index (κ3) is 8.15. The summed E-state index contributed by atoms with van der Waals surface area (Å²) in [5.41, 5.74) is 0. The quantitative estimate of drug-likeness (QED) is 0.351. The number of hydrogen-bond acceptors (Lipinski definition) is 5. The molecule has 132 valence electrons. The molecule has 0 saturated carbocycles. The highest BCUT2D eigenvalue weighted by Crippen LogP contribution is 2.05. The first-order valence-corrected chi connectivity index (χ1v) is 7.30. The van der Waals surface area contributed by atoms with Crippen LogP contribution in [0, 0.1) is 5.92 Å². The summed E-state index contributed by atoms with van der Waals surface area (Å²) >= 11 is 0. The fourth-order valence-electron chi connectivity index (χ4n) is 1.81. The number of amides is 3. The number of aliphatic carboxylic acids is 1. The first-order chi connectivity index (χ1) is 10.6. The van der Waals surface area contributed by atoms with Crippen LogP contribution < -0.4 is 16.0 Å². The van der Waals surface area contributed by atoms with Crippen molar-refractivity contribution in [3.8, 4) is 0 Å². The highest BCUT2D eigenvalue weighted by Gasteiger charge is 2.26. The summed E-state index contributed by atoms with van der Waals surface area (Å²) in [6, 6.07) is -3.24. The molecule has 0 aromatic carbocycles. The molecule has 0 radical (unpaired) electrons. The van der Waals surface area contributed by atoms with Gasteiger partial charge in [0.1, 0.15) is 18.1 Å². The molecule has 3 amide bonds. The Bertz CT molecular complexity index is 452. The molecule has 0 aromatic rings. The van der Waals surface area contributed by atoms with E-state index in [4.69, 9.17) is 10.2 Å². The second-order valence-electron chi connectivity index (χ2n) is 5.69. The van der Waals surface area contributed by atoms with Gasteiger partial charge in [0.25, 0.3) is 0 Å². The Balaban J connectivity index is 4.73. The molecule has 0 rings (SSSR count). The fraction of sp³-hybridized carbons (Fsp3) is 0.714.